The zero-order valence-electron chi connectivity index (χ0n) is 24.5. The lowest BCUT2D eigenvalue weighted by Crippen LogP contribution is -2.46. The van der Waals surface area contributed by atoms with Crippen LogP contribution in [-0.2, 0) is 19.1 Å². The molecule has 3 heterocycles. The third kappa shape index (κ3) is 6.51. The van der Waals surface area contributed by atoms with Crippen LogP contribution in [0.4, 0.5) is 11.6 Å². The van der Waals surface area contributed by atoms with Gasteiger partial charge in [0.05, 0.1) is 28.4 Å². The summed E-state index contributed by atoms with van der Waals surface area (Å²) < 4.78 is 22.2. The Morgan fingerprint density at radius 1 is 1.17 bits per heavy atom. The average molecular weight is 584 g/mol. The fourth-order valence-electron chi connectivity index (χ4n) is 4.53. The molecule has 0 aliphatic carbocycles. The molecule has 2 atom stereocenters. The van der Waals surface area contributed by atoms with Crippen LogP contribution < -0.4 is 29.6 Å². The van der Waals surface area contributed by atoms with Crippen molar-refractivity contribution in [1.29, 1.82) is 0 Å². The third-order valence-electron chi connectivity index (χ3n) is 7.54. The van der Waals surface area contributed by atoms with Crippen LogP contribution in [0.3, 0.4) is 0 Å². The quantitative estimate of drug-likeness (QED) is 0.328. The van der Waals surface area contributed by atoms with Crippen LogP contribution in [-0.4, -0.2) is 87.5 Å². The summed E-state index contributed by atoms with van der Waals surface area (Å²) in [6, 6.07) is 8.88. The van der Waals surface area contributed by atoms with E-state index in [0.29, 0.717) is 18.7 Å². The number of ketones is 1. The third-order valence-corrected chi connectivity index (χ3v) is 11.2. The Morgan fingerprint density at radius 2 is 1.85 bits per heavy atom. The first kappa shape index (κ1) is 30.0. The molecule has 2 amide bonds. The van der Waals surface area contributed by atoms with Gasteiger partial charge in [-0.2, -0.15) is 9.97 Å². The number of piperidine rings is 1. The van der Waals surface area contributed by atoms with Gasteiger partial charge >= 0.3 is 0 Å². The minimum Gasteiger partial charge on any atom is -0.479 e. The van der Waals surface area contributed by atoms with Crippen molar-refractivity contribution >= 4 is 42.5 Å². The van der Waals surface area contributed by atoms with E-state index in [4.69, 9.17) is 18.9 Å². The second kappa shape index (κ2) is 12.3. The maximum atomic E-state index is 13.1. The largest absolute Gasteiger partial charge is 0.479 e. The van der Waals surface area contributed by atoms with Crippen LogP contribution in [0.1, 0.15) is 19.8 Å². The maximum Gasteiger partial charge on any atom is 0.289 e. The molecule has 2 aromatic rings. The van der Waals surface area contributed by atoms with Gasteiger partial charge in [0.25, 0.3) is 11.9 Å². The Labute approximate surface area is 240 Å². The van der Waals surface area contributed by atoms with E-state index in [1.54, 1.807) is 6.07 Å². The van der Waals surface area contributed by atoms with Crippen molar-refractivity contribution in [2.45, 2.75) is 51.0 Å². The van der Waals surface area contributed by atoms with Crippen LogP contribution in [0.5, 0.6) is 17.5 Å². The van der Waals surface area contributed by atoms with Crippen LogP contribution in [0.15, 0.2) is 36.3 Å². The zero-order chi connectivity index (χ0) is 29.9. The Bertz CT molecular complexity index is 1340. The number of hydrogen-bond donors (Lipinski definition) is 1. The van der Waals surface area contributed by atoms with E-state index in [2.05, 4.69) is 41.4 Å². The van der Waals surface area contributed by atoms with Crippen molar-refractivity contribution in [1.82, 2.24) is 14.9 Å². The van der Waals surface area contributed by atoms with Gasteiger partial charge in [0.15, 0.2) is 5.69 Å². The predicted molar refractivity (Wildman–Crippen MR) is 155 cm³/mol. The normalized spacial score (nSPS) is 19.1. The van der Waals surface area contributed by atoms with E-state index in [9.17, 15) is 14.4 Å². The smallest absolute Gasteiger partial charge is 0.289 e. The van der Waals surface area contributed by atoms with Gasteiger partial charge in [-0.05, 0) is 32.6 Å². The van der Waals surface area contributed by atoms with Crippen LogP contribution in [0.25, 0.3) is 0 Å². The first-order chi connectivity index (χ1) is 19.5. The number of nitrogens with one attached hydrogen (secondary N) is 1. The van der Waals surface area contributed by atoms with Crippen molar-refractivity contribution < 1.29 is 33.3 Å². The first-order valence-corrected chi connectivity index (χ1v) is 16.7. The monoisotopic (exact) mass is 583 g/mol. The number of rotatable bonds is 10. The lowest BCUT2D eigenvalue weighted by Gasteiger charge is -2.33. The number of carbonyl (C=O) groups is 3. The molecule has 0 spiro atoms. The number of ether oxygens (including phenoxy) is 4. The van der Waals surface area contributed by atoms with Crippen LogP contribution in [0.2, 0.25) is 19.1 Å². The van der Waals surface area contributed by atoms with E-state index >= 15 is 0 Å². The predicted octanol–water partition coefficient (Wildman–Crippen LogP) is 2.31. The van der Waals surface area contributed by atoms with Gasteiger partial charge in [0, 0.05) is 19.0 Å². The standard InChI is InChI=1S/C28H37N5O7Si/c1-8-41(6,7)19-11-9-10-18(15-19)39-22-16-20(34)24(40-22)25(36)29-23-26(37-4)30-28(31-27(23)38-5)33-13-12-17(32(2)3)14-21(33)35/h9-11,15-17,24H,8,12-14H2,1-7H3,(H,29,36). The number of aromatic nitrogens is 2. The highest BCUT2D eigenvalue weighted by Gasteiger charge is 2.37. The van der Waals surface area contributed by atoms with Crippen molar-refractivity contribution in [3.8, 4) is 17.5 Å². The second-order valence-electron chi connectivity index (χ2n) is 10.8. The van der Waals surface area contributed by atoms with Crippen molar-refractivity contribution in [3.05, 3.63) is 36.3 Å². The Hall–Kier alpha value is -3.97. The maximum absolute atomic E-state index is 13.1. The fourth-order valence-corrected chi connectivity index (χ4v) is 6.02. The summed E-state index contributed by atoms with van der Waals surface area (Å²) in [6.07, 6.45) is 0.721. The molecule has 0 saturated carbocycles. The van der Waals surface area contributed by atoms with E-state index in [1.165, 1.54) is 24.3 Å². The molecular weight excluding hydrogens is 546 g/mol. The summed E-state index contributed by atoms with van der Waals surface area (Å²) in [7, 11) is 4.99. The van der Waals surface area contributed by atoms with Gasteiger partial charge in [0.2, 0.25) is 35.5 Å². The highest BCUT2D eigenvalue weighted by atomic mass is 28.3. The molecule has 1 aromatic heterocycles. The molecule has 1 fully saturated rings. The Balaban J connectivity index is 1.48. The van der Waals surface area contributed by atoms with Crippen LogP contribution >= 0.6 is 0 Å². The summed E-state index contributed by atoms with van der Waals surface area (Å²) >= 11 is 0. The fraction of sp³-hybridized carbons (Fsp3) is 0.464. The molecule has 0 radical (unpaired) electrons. The second-order valence-corrected chi connectivity index (χ2v) is 15.8. The van der Waals surface area contributed by atoms with Crippen molar-refractivity contribution in [3.63, 3.8) is 0 Å². The molecule has 4 rings (SSSR count). The number of methoxy groups -OCH3 is 2. The molecule has 2 aliphatic rings. The lowest BCUT2D eigenvalue weighted by molar-refractivity contribution is -0.134. The van der Waals surface area contributed by atoms with Gasteiger partial charge < -0.3 is 29.2 Å². The number of benzene rings is 1. The van der Waals surface area contributed by atoms with Gasteiger partial charge in [-0.25, -0.2) is 0 Å². The molecular formula is C28H37N5O7Si. The number of anilines is 2. The molecule has 1 aromatic carbocycles. The zero-order valence-corrected chi connectivity index (χ0v) is 25.5. The van der Waals surface area contributed by atoms with Crippen molar-refractivity contribution in [2.24, 2.45) is 0 Å². The minimum atomic E-state index is -1.60. The van der Waals surface area contributed by atoms with Gasteiger partial charge in [-0.15, -0.1) is 0 Å². The molecule has 1 N–H and O–H groups in total. The lowest BCUT2D eigenvalue weighted by atomic mass is 10.0. The minimum absolute atomic E-state index is 0.00426. The average Bonchev–Trinajstić information content (AvgIpc) is 3.32. The Morgan fingerprint density at radius 3 is 2.44 bits per heavy atom. The summed E-state index contributed by atoms with van der Waals surface area (Å²) in [5.74, 6) is -1.02. The SMILES string of the molecule is CC[Si](C)(C)c1cccc(OC2=CC(=O)C(C(=O)Nc3c(OC)nc(N4CCC(N(C)C)CC4=O)nc3OC)O2)c1. The molecule has 2 unspecified atom stereocenters. The molecule has 13 heteroatoms. The van der Waals surface area contributed by atoms with Crippen molar-refractivity contribution in [2.75, 3.05) is 45.1 Å². The van der Waals surface area contributed by atoms with Gasteiger partial charge in [-0.1, -0.05) is 43.4 Å². The van der Waals surface area contributed by atoms with Crippen LogP contribution in [0, 0.1) is 0 Å². The first-order valence-electron chi connectivity index (χ1n) is 13.5. The van der Waals surface area contributed by atoms with Gasteiger partial charge in [-0.3, -0.25) is 19.3 Å². The van der Waals surface area contributed by atoms with Gasteiger partial charge in [0.1, 0.15) is 5.75 Å². The highest BCUT2D eigenvalue weighted by Crippen LogP contribution is 2.35. The number of nitrogens with zero attached hydrogens (tertiary/aromatic N) is 4. The molecule has 2 aliphatic heterocycles. The van der Waals surface area contributed by atoms with E-state index < -0.39 is 25.9 Å². The topological polar surface area (TPSA) is 132 Å². The molecule has 1 saturated heterocycles. The number of hydrogen-bond acceptors (Lipinski definition) is 10. The number of amides is 2. The molecule has 12 nitrogen and oxygen atoms in total. The molecule has 220 valence electrons. The Kier molecular flexibility index (Phi) is 8.97. The summed E-state index contributed by atoms with van der Waals surface area (Å²) in [5, 5.41) is 3.80. The molecule has 41 heavy (non-hydrogen) atoms. The summed E-state index contributed by atoms with van der Waals surface area (Å²) in [6.45, 7) is 7.12. The molecule has 0 bridgehead atoms. The van der Waals surface area contributed by atoms with E-state index in [-0.39, 0.29) is 41.3 Å². The summed E-state index contributed by atoms with van der Waals surface area (Å²) in [4.78, 5) is 50.8. The summed E-state index contributed by atoms with van der Waals surface area (Å²) in [5.41, 5.74) is 0.00426. The van der Waals surface area contributed by atoms with E-state index in [0.717, 1.165) is 18.5 Å². The highest BCUT2D eigenvalue weighted by molar-refractivity contribution is 6.89. The number of carbonyl (C=O) groups excluding carboxylic acids is 3. The van der Waals surface area contributed by atoms with E-state index in [1.807, 2.05) is 31.1 Å².